The molecular weight excluding hydrogens is 226 g/mol. The Morgan fingerprint density at radius 1 is 1.50 bits per heavy atom. The molecule has 1 rings (SSSR count). The first kappa shape index (κ1) is 12.6. The van der Waals surface area contributed by atoms with Gasteiger partial charge in [0.15, 0.2) is 5.78 Å². The molecule has 0 aromatic heterocycles. The molecule has 2 N–H and O–H groups in total. The molecule has 0 bridgehead atoms. The molecule has 16 heavy (non-hydrogen) atoms. The molecule has 0 saturated carbocycles. The summed E-state index contributed by atoms with van der Waals surface area (Å²) in [5.74, 6) is -0.199. The van der Waals surface area contributed by atoms with Crippen LogP contribution in [0.3, 0.4) is 0 Å². The Bertz CT molecular complexity index is 532. The zero-order valence-electron chi connectivity index (χ0n) is 8.93. The van der Waals surface area contributed by atoms with Crippen LogP contribution in [0.15, 0.2) is 35.7 Å². The second-order valence-electron chi connectivity index (χ2n) is 3.42. The summed E-state index contributed by atoms with van der Waals surface area (Å²) in [5, 5.41) is 5.08. The number of Topliss-reactive ketones (excluding diaryl/α,β-unsaturated/α-hetero) is 1. The molecule has 0 spiro atoms. The Labute approximate surface area is 94.8 Å². The SMILES string of the molecule is C=CCc1ccc(C(C)=O)cc1S(N)(=O)=O. The molecule has 1 aromatic carbocycles. The Morgan fingerprint density at radius 3 is 2.56 bits per heavy atom. The minimum Gasteiger partial charge on any atom is -0.295 e. The van der Waals surface area contributed by atoms with Crippen molar-refractivity contribution in [3.63, 3.8) is 0 Å². The highest BCUT2D eigenvalue weighted by Crippen LogP contribution is 2.17. The van der Waals surface area contributed by atoms with Gasteiger partial charge in [-0.3, -0.25) is 4.79 Å². The Hall–Kier alpha value is -1.46. The molecule has 0 saturated heterocycles. The zero-order chi connectivity index (χ0) is 12.3. The third-order valence-corrected chi connectivity index (χ3v) is 3.14. The summed E-state index contributed by atoms with van der Waals surface area (Å²) in [6.45, 7) is 4.90. The van der Waals surface area contributed by atoms with E-state index in [9.17, 15) is 13.2 Å². The van der Waals surface area contributed by atoms with Crippen molar-refractivity contribution >= 4 is 15.8 Å². The average molecular weight is 239 g/mol. The number of rotatable bonds is 4. The summed E-state index contributed by atoms with van der Waals surface area (Å²) in [6.07, 6.45) is 1.97. The van der Waals surface area contributed by atoms with E-state index in [1.807, 2.05) is 0 Å². The van der Waals surface area contributed by atoms with Crippen LogP contribution in [0.4, 0.5) is 0 Å². The monoisotopic (exact) mass is 239 g/mol. The molecule has 0 aliphatic carbocycles. The standard InChI is InChI=1S/C11H13NO3S/c1-3-4-9-5-6-10(8(2)13)7-11(9)16(12,14)15/h3,5-7H,1,4H2,2H3,(H2,12,14,15). The summed E-state index contributed by atoms with van der Waals surface area (Å²) < 4.78 is 22.7. The van der Waals surface area contributed by atoms with Gasteiger partial charge in [0.25, 0.3) is 0 Å². The van der Waals surface area contributed by atoms with Crippen molar-refractivity contribution in [3.8, 4) is 0 Å². The molecule has 0 amide bonds. The minimum atomic E-state index is -3.81. The van der Waals surface area contributed by atoms with Crippen molar-refractivity contribution in [3.05, 3.63) is 42.0 Å². The van der Waals surface area contributed by atoms with E-state index in [2.05, 4.69) is 6.58 Å². The van der Waals surface area contributed by atoms with Gasteiger partial charge in [-0.2, -0.15) is 0 Å². The lowest BCUT2D eigenvalue weighted by Gasteiger charge is -2.07. The predicted molar refractivity (Wildman–Crippen MR) is 61.7 cm³/mol. The van der Waals surface area contributed by atoms with Crippen LogP contribution in [0.2, 0.25) is 0 Å². The molecule has 5 heteroatoms. The fourth-order valence-electron chi connectivity index (χ4n) is 1.36. The van der Waals surface area contributed by atoms with E-state index in [4.69, 9.17) is 5.14 Å². The summed E-state index contributed by atoms with van der Waals surface area (Å²) in [4.78, 5) is 11.1. The first-order valence-electron chi connectivity index (χ1n) is 4.64. The maximum absolute atomic E-state index is 11.3. The van der Waals surface area contributed by atoms with Gasteiger partial charge in [-0.05, 0) is 25.0 Å². The maximum atomic E-state index is 11.3. The largest absolute Gasteiger partial charge is 0.295 e. The molecule has 86 valence electrons. The van der Waals surface area contributed by atoms with Crippen LogP contribution in [-0.4, -0.2) is 14.2 Å². The van der Waals surface area contributed by atoms with E-state index < -0.39 is 10.0 Å². The molecule has 0 radical (unpaired) electrons. The summed E-state index contributed by atoms with van der Waals surface area (Å²) in [7, 11) is -3.81. The molecule has 0 fully saturated rings. The number of primary sulfonamides is 1. The second kappa shape index (κ2) is 4.59. The van der Waals surface area contributed by atoms with E-state index in [1.54, 1.807) is 18.2 Å². The van der Waals surface area contributed by atoms with Crippen LogP contribution in [0.1, 0.15) is 22.8 Å². The number of hydrogen-bond donors (Lipinski definition) is 1. The van der Waals surface area contributed by atoms with Gasteiger partial charge in [-0.25, -0.2) is 13.6 Å². The Morgan fingerprint density at radius 2 is 2.12 bits per heavy atom. The van der Waals surface area contributed by atoms with Crippen molar-refractivity contribution in [2.75, 3.05) is 0 Å². The highest BCUT2D eigenvalue weighted by molar-refractivity contribution is 7.89. The molecule has 0 atom stereocenters. The first-order valence-corrected chi connectivity index (χ1v) is 6.18. The summed E-state index contributed by atoms with van der Waals surface area (Å²) >= 11 is 0. The molecule has 0 aliphatic heterocycles. The third-order valence-electron chi connectivity index (χ3n) is 2.14. The smallest absolute Gasteiger partial charge is 0.238 e. The van der Waals surface area contributed by atoms with Crippen LogP contribution in [-0.2, 0) is 16.4 Å². The van der Waals surface area contributed by atoms with Crippen LogP contribution >= 0.6 is 0 Å². The van der Waals surface area contributed by atoms with Gasteiger partial charge in [-0.15, -0.1) is 6.58 Å². The van der Waals surface area contributed by atoms with Crippen molar-refractivity contribution in [1.82, 2.24) is 0 Å². The molecule has 0 aliphatic rings. The zero-order valence-corrected chi connectivity index (χ0v) is 9.75. The van der Waals surface area contributed by atoms with E-state index in [-0.39, 0.29) is 10.7 Å². The number of ketones is 1. The molecule has 1 aromatic rings. The number of carbonyl (C=O) groups excluding carboxylic acids is 1. The number of allylic oxidation sites excluding steroid dienone is 1. The molecular formula is C11H13NO3S. The van der Waals surface area contributed by atoms with Crippen LogP contribution in [0.25, 0.3) is 0 Å². The Kier molecular flexibility index (Phi) is 3.62. The third kappa shape index (κ3) is 2.77. The number of carbonyl (C=O) groups is 1. The van der Waals surface area contributed by atoms with Crippen LogP contribution in [0.5, 0.6) is 0 Å². The summed E-state index contributed by atoms with van der Waals surface area (Å²) in [6, 6.07) is 4.46. The van der Waals surface area contributed by atoms with Gasteiger partial charge in [0.2, 0.25) is 10.0 Å². The topological polar surface area (TPSA) is 77.2 Å². The Balaban J connectivity index is 3.44. The lowest BCUT2D eigenvalue weighted by molar-refractivity contribution is 0.101. The van der Waals surface area contributed by atoms with E-state index in [0.29, 0.717) is 17.5 Å². The van der Waals surface area contributed by atoms with Crippen molar-refractivity contribution in [2.45, 2.75) is 18.2 Å². The van der Waals surface area contributed by atoms with Crippen molar-refractivity contribution < 1.29 is 13.2 Å². The van der Waals surface area contributed by atoms with Crippen LogP contribution in [0, 0.1) is 0 Å². The maximum Gasteiger partial charge on any atom is 0.238 e. The van der Waals surface area contributed by atoms with Gasteiger partial charge >= 0.3 is 0 Å². The van der Waals surface area contributed by atoms with Gasteiger partial charge in [0.05, 0.1) is 4.90 Å². The van der Waals surface area contributed by atoms with E-state index >= 15 is 0 Å². The van der Waals surface area contributed by atoms with Crippen LogP contribution < -0.4 is 5.14 Å². The molecule has 4 nitrogen and oxygen atoms in total. The lowest BCUT2D eigenvalue weighted by Crippen LogP contribution is -2.15. The number of nitrogens with two attached hydrogens (primary N) is 1. The highest BCUT2D eigenvalue weighted by atomic mass is 32.2. The molecule has 0 unspecified atom stereocenters. The van der Waals surface area contributed by atoms with E-state index in [0.717, 1.165) is 0 Å². The minimum absolute atomic E-state index is 0.0138. The van der Waals surface area contributed by atoms with Crippen molar-refractivity contribution in [1.29, 1.82) is 0 Å². The van der Waals surface area contributed by atoms with Gasteiger partial charge < -0.3 is 0 Å². The predicted octanol–water partition coefficient (Wildman–Crippen LogP) is 1.27. The lowest BCUT2D eigenvalue weighted by atomic mass is 10.1. The fourth-order valence-corrected chi connectivity index (χ4v) is 2.17. The summed E-state index contributed by atoms with van der Waals surface area (Å²) in [5.41, 5.74) is 0.874. The number of benzene rings is 1. The first-order chi connectivity index (χ1) is 7.36. The normalized spacial score (nSPS) is 11.1. The van der Waals surface area contributed by atoms with Gasteiger partial charge in [0.1, 0.15) is 0 Å². The molecule has 0 heterocycles. The van der Waals surface area contributed by atoms with E-state index in [1.165, 1.54) is 13.0 Å². The number of hydrogen-bond acceptors (Lipinski definition) is 3. The highest BCUT2D eigenvalue weighted by Gasteiger charge is 2.15. The number of sulfonamides is 1. The average Bonchev–Trinajstić information content (AvgIpc) is 2.16. The van der Waals surface area contributed by atoms with Gasteiger partial charge in [0, 0.05) is 5.56 Å². The van der Waals surface area contributed by atoms with Crippen molar-refractivity contribution in [2.24, 2.45) is 5.14 Å². The second-order valence-corrected chi connectivity index (χ2v) is 4.95. The quantitative estimate of drug-likeness (QED) is 0.634. The fraction of sp³-hybridized carbons (Fsp3) is 0.182. The van der Waals surface area contributed by atoms with Gasteiger partial charge in [-0.1, -0.05) is 18.2 Å².